The highest BCUT2D eigenvalue weighted by atomic mass is 19.2. The summed E-state index contributed by atoms with van der Waals surface area (Å²) in [5.41, 5.74) is 2.47. The summed E-state index contributed by atoms with van der Waals surface area (Å²) in [4.78, 5) is 29.9. The maximum Gasteiger partial charge on any atom is 0.167 e. The topological polar surface area (TPSA) is 61.2 Å². The zero-order valence-electron chi connectivity index (χ0n) is 18.9. The van der Waals surface area contributed by atoms with Crippen LogP contribution in [0.1, 0.15) is 52.4 Å². The van der Waals surface area contributed by atoms with Crippen LogP contribution in [0.4, 0.5) is 8.78 Å². The average Bonchev–Trinajstić information content (AvgIpc) is 3.12. The van der Waals surface area contributed by atoms with E-state index in [0.29, 0.717) is 40.6 Å². The molecule has 0 bridgehead atoms. The molecule has 2 aromatic heterocycles. The second-order valence-corrected chi connectivity index (χ2v) is 8.30. The molecule has 0 atom stereocenters. The largest absolute Gasteiger partial charge is 0.491 e. The van der Waals surface area contributed by atoms with Crippen LogP contribution in [0, 0.1) is 11.6 Å². The van der Waals surface area contributed by atoms with E-state index in [2.05, 4.69) is 4.98 Å². The monoisotopic (exact) mass is 462 g/mol. The predicted octanol–water partition coefficient (Wildman–Crippen LogP) is 5.78. The van der Waals surface area contributed by atoms with Gasteiger partial charge in [-0.3, -0.25) is 14.6 Å². The number of fused-ring (bicyclic) bond motifs is 1. The van der Waals surface area contributed by atoms with Crippen LogP contribution < -0.4 is 4.74 Å². The number of Topliss-reactive ketones (excluding diaryl/α,β-unsaturated/α-hetero) is 1. The molecule has 0 unspecified atom stereocenters. The number of carbonyl (C=O) groups excluding carboxylic acids is 2. The van der Waals surface area contributed by atoms with Gasteiger partial charge in [-0.15, -0.1) is 0 Å². The van der Waals surface area contributed by atoms with E-state index in [0.717, 1.165) is 17.8 Å². The molecule has 7 heteroatoms. The van der Waals surface area contributed by atoms with Crippen molar-refractivity contribution in [3.8, 4) is 5.75 Å². The highest BCUT2D eigenvalue weighted by Crippen LogP contribution is 2.31. The highest BCUT2D eigenvalue weighted by Gasteiger charge is 2.23. The third kappa shape index (κ3) is 4.88. The SMILES string of the molecule is CC(C)Oc1ccc2c(C(=O)CCc3ccc(F)c(F)c3)c(C=O)n(Cc3ccccn3)c2c1. The van der Waals surface area contributed by atoms with Crippen molar-refractivity contribution in [3.63, 3.8) is 0 Å². The standard InChI is InChI=1S/C27H24F2N2O3/c1-17(2)34-20-8-9-21-24(14-20)31(15-19-5-3-4-12-30-19)25(16-32)27(21)26(33)11-7-18-6-10-22(28)23(29)13-18/h3-6,8-10,12-14,16-17H,7,11,15H2,1-2H3. The average molecular weight is 462 g/mol. The van der Waals surface area contributed by atoms with Gasteiger partial charge >= 0.3 is 0 Å². The van der Waals surface area contributed by atoms with Crippen molar-refractivity contribution in [2.75, 3.05) is 0 Å². The summed E-state index contributed by atoms with van der Waals surface area (Å²) in [6, 6.07) is 14.5. The molecule has 5 nitrogen and oxygen atoms in total. The number of rotatable bonds is 9. The summed E-state index contributed by atoms with van der Waals surface area (Å²) in [6.45, 7) is 4.13. The van der Waals surface area contributed by atoms with Crippen LogP contribution in [0.25, 0.3) is 10.9 Å². The number of halogens is 2. The quantitative estimate of drug-likeness (QED) is 0.234. The molecule has 0 amide bonds. The summed E-state index contributed by atoms with van der Waals surface area (Å²) in [5.74, 6) is -1.52. The van der Waals surface area contributed by atoms with Crippen molar-refractivity contribution in [1.29, 1.82) is 0 Å². The number of aryl methyl sites for hydroxylation is 1. The highest BCUT2D eigenvalue weighted by molar-refractivity contribution is 6.13. The van der Waals surface area contributed by atoms with Crippen molar-refractivity contribution in [1.82, 2.24) is 9.55 Å². The molecule has 0 aliphatic rings. The van der Waals surface area contributed by atoms with E-state index < -0.39 is 11.6 Å². The third-order valence-corrected chi connectivity index (χ3v) is 5.51. The molecule has 0 aliphatic carbocycles. The minimum absolute atomic E-state index is 0.0405. The van der Waals surface area contributed by atoms with E-state index in [4.69, 9.17) is 4.74 Å². The Morgan fingerprint density at radius 2 is 1.91 bits per heavy atom. The summed E-state index contributed by atoms with van der Waals surface area (Å²) < 4.78 is 34.4. The fourth-order valence-corrected chi connectivity index (χ4v) is 4.01. The van der Waals surface area contributed by atoms with Gasteiger partial charge in [0.15, 0.2) is 23.7 Å². The normalized spacial score (nSPS) is 11.2. The molecule has 4 aromatic rings. The molecule has 0 spiro atoms. The molecule has 0 N–H and O–H groups in total. The van der Waals surface area contributed by atoms with Gasteiger partial charge in [0, 0.05) is 24.1 Å². The lowest BCUT2D eigenvalue weighted by Gasteiger charge is -2.11. The second kappa shape index (κ2) is 9.95. The van der Waals surface area contributed by atoms with Crippen molar-refractivity contribution < 1.29 is 23.1 Å². The number of carbonyl (C=O) groups is 2. The van der Waals surface area contributed by atoms with Gasteiger partial charge in [0.2, 0.25) is 0 Å². The molecular formula is C27H24F2N2O3. The third-order valence-electron chi connectivity index (χ3n) is 5.51. The molecular weight excluding hydrogens is 438 g/mol. The first-order valence-corrected chi connectivity index (χ1v) is 11.0. The van der Waals surface area contributed by atoms with Crippen molar-refractivity contribution in [3.05, 3.63) is 94.9 Å². The Morgan fingerprint density at radius 1 is 1.09 bits per heavy atom. The summed E-state index contributed by atoms with van der Waals surface area (Å²) in [5, 5.41) is 0.629. The van der Waals surface area contributed by atoms with Crippen LogP contribution in [-0.2, 0) is 13.0 Å². The number of ether oxygens (including phenoxy) is 1. The zero-order chi connectivity index (χ0) is 24.2. The lowest BCUT2D eigenvalue weighted by atomic mass is 10.00. The van der Waals surface area contributed by atoms with E-state index in [9.17, 15) is 18.4 Å². The smallest absolute Gasteiger partial charge is 0.167 e. The molecule has 2 aromatic carbocycles. The van der Waals surface area contributed by atoms with Crippen molar-refractivity contribution in [2.24, 2.45) is 0 Å². The molecule has 0 saturated carbocycles. The van der Waals surface area contributed by atoms with Gasteiger partial charge in [0.25, 0.3) is 0 Å². The van der Waals surface area contributed by atoms with E-state index in [1.165, 1.54) is 6.07 Å². The number of benzene rings is 2. The fourth-order valence-electron chi connectivity index (χ4n) is 4.01. The predicted molar refractivity (Wildman–Crippen MR) is 125 cm³/mol. The molecule has 0 aliphatic heterocycles. The number of aromatic nitrogens is 2. The van der Waals surface area contributed by atoms with Crippen molar-refractivity contribution >= 4 is 23.0 Å². The molecule has 4 rings (SSSR count). The number of ketones is 1. The molecule has 2 heterocycles. The van der Waals surface area contributed by atoms with Gasteiger partial charge in [-0.1, -0.05) is 12.1 Å². The number of hydrogen-bond donors (Lipinski definition) is 0. The van der Waals surface area contributed by atoms with Gasteiger partial charge in [-0.25, -0.2) is 8.78 Å². The fraction of sp³-hybridized carbons (Fsp3) is 0.222. The van der Waals surface area contributed by atoms with Gasteiger partial charge in [0.05, 0.1) is 35.1 Å². The Balaban J connectivity index is 1.75. The second-order valence-electron chi connectivity index (χ2n) is 8.30. The van der Waals surface area contributed by atoms with E-state index in [-0.39, 0.29) is 30.4 Å². The van der Waals surface area contributed by atoms with Crippen molar-refractivity contribution in [2.45, 2.75) is 39.3 Å². The van der Waals surface area contributed by atoms with E-state index in [1.807, 2.05) is 32.0 Å². The molecule has 0 saturated heterocycles. The summed E-state index contributed by atoms with van der Waals surface area (Å²) in [6.07, 6.45) is 2.56. The van der Waals surface area contributed by atoms with Crippen LogP contribution in [0.15, 0.2) is 60.8 Å². The maximum atomic E-state index is 13.6. The van der Waals surface area contributed by atoms with Crippen LogP contribution >= 0.6 is 0 Å². The van der Waals surface area contributed by atoms with Crippen LogP contribution in [-0.4, -0.2) is 27.7 Å². The number of hydrogen-bond acceptors (Lipinski definition) is 4. The zero-order valence-corrected chi connectivity index (χ0v) is 18.9. The number of pyridine rings is 1. The molecule has 174 valence electrons. The molecule has 0 radical (unpaired) electrons. The van der Waals surface area contributed by atoms with E-state index in [1.54, 1.807) is 29.0 Å². The van der Waals surface area contributed by atoms with Gasteiger partial charge < -0.3 is 9.30 Å². The first kappa shape index (κ1) is 23.3. The Kier molecular flexibility index (Phi) is 6.82. The van der Waals surface area contributed by atoms with Gasteiger partial charge in [-0.05, 0) is 62.2 Å². The molecule has 0 fully saturated rings. The number of aldehydes is 1. The Labute approximate surface area is 196 Å². The Hall–Kier alpha value is -3.87. The van der Waals surface area contributed by atoms with E-state index >= 15 is 0 Å². The summed E-state index contributed by atoms with van der Waals surface area (Å²) in [7, 11) is 0. The first-order valence-electron chi connectivity index (χ1n) is 11.0. The Bertz CT molecular complexity index is 1350. The molecule has 34 heavy (non-hydrogen) atoms. The minimum Gasteiger partial charge on any atom is -0.491 e. The first-order chi connectivity index (χ1) is 16.4. The number of nitrogens with zero attached hydrogens (tertiary/aromatic N) is 2. The maximum absolute atomic E-state index is 13.6. The minimum atomic E-state index is -0.955. The van der Waals surface area contributed by atoms with Crippen LogP contribution in [0.5, 0.6) is 5.75 Å². The lowest BCUT2D eigenvalue weighted by Crippen LogP contribution is -2.09. The summed E-state index contributed by atoms with van der Waals surface area (Å²) >= 11 is 0. The van der Waals surface area contributed by atoms with Crippen LogP contribution in [0.3, 0.4) is 0 Å². The van der Waals surface area contributed by atoms with Gasteiger partial charge in [0.1, 0.15) is 5.75 Å². The van der Waals surface area contributed by atoms with Crippen LogP contribution in [0.2, 0.25) is 0 Å². The Morgan fingerprint density at radius 3 is 2.59 bits per heavy atom. The lowest BCUT2D eigenvalue weighted by molar-refractivity contribution is 0.0977. The van der Waals surface area contributed by atoms with Gasteiger partial charge in [-0.2, -0.15) is 0 Å².